The van der Waals surface area contributed by atoms with Gasteiger partial charge in [-0.1, -0.05) is 6.92 Å². The Morgan fingerprint density at radius 3 is 3.25 bits per heavy atom. The van der Waals surface area contributed by atoms with E-state index in [9.17, 15) is 0 Å². The first kappa shape index (κ1) is 14.0. The lowest BCUT2D eigenvalue weighted by Gasteiger charge is -2.37. The molecule has 2 atom stereocenters. The smallest absolute Gasteiger partial charge is 0.141 e. The Morgan fingerprint density at radius 1 is 1.50 bits per heavy atom. The average molecular weight is 280 g/mol. The Hall–Kier alpha value is -0.980. The molecule has 1 aromatic heterocycles. The average Bonchev–Trinajstić information content (AvgIpc) is 3.09. The first-order chi connectivity index (χ1) is 9.83. The second-order valence-electron chi connectivity index (χ2n) is 5.78. The molecule has 2 unspecified atom stereocenters. The van der Waals surface area contributed by atoms with Gasteiger partial charge in [0.25, 0.3) is 0 Å². The number of nitrogens with zero attached hydrogens (tertiary/aromatic N) is 3. The topological polar surface area (TPSA) is 61.2 Å². The molecule has 2 saturated heterocycles. The van der Waals surface area contributed by atoms with Gasteiger partial charge in [0.1, 0.15) is 12.2 Å². The van der Waals surface area contributed by atoms with Crippen molar-refractivity contribution in [1.82, 2.24) is 20.1 Å². The van der Waals surface area contributed by atoms with E-state index in [4.69, 9.17) is 9.47 Å². The van der Waals surface area contributed by atoms with E-state index in [1.54, 1.807) is 6.33 Å². The fourth-order valence-corrected chi connectivity index (χ4v) is 3.16. The van der Waals surface area contributed by atoms with Crippen LogP contribution in [0.1, 0.15) is 44.5 Å². The van der Waals surface area contributed by atoms with Gasteiger partial charge >= 0.3 is 0 Å². The van der Waals surface area contributed by atoms with Gasteiger partial charge in [-0.2, -0.15) is 5.10 Å². The van der Waals surface area contributed by atoms with Crippen LogP contribution in [0.2, 0.25) is 0 Å². The largest absolute Gasteiger partial charge is 0.378 e. The molecule has 0 amide bonds. The second kappa shape index (κ2) is 6.20. The number of hydrogen-bond donors (Lipinski definition) is 1. The van der Waals surface area contributed by atoms with Gasteiger partial charge in [-0.05, 0) is 19.4 Å². The molecule has 2 aliphatic heterocycles. The summed E-state index contributed by atoms with van der Waals surface area (Å²) in [7, 11) is 0. The van der Waals surface area contributed by atoms with Crippen LogP contribution in [0, 0.1) is 0 Å². The van der Waals surface area contributed by atoms with E-state index < -0.39 is 0 Å². The van der Waals surface area contributed by atoms with Crippen LogP contribution in [-0.4, -0.2) is 46.7 Å². The maximum absolute atomic E-state index is 5.99. The molecule has 2 fully saturated rings. The molecule has 0 radical (unpaired) electrons. The first-order valence-electron chi connectivity index (χ1n) is 7.64. The maximum Gasteiger partial charge on any atom is 0.141 e. The number of hydrogen-bond acceptors (Lipinski definition) is 5. The molecule has 0 aliphatic carbocycles. The molecule has 1 aromatic rings. The molecule has 20 heavy (non-hydrogen) atoms. The minimum atomic E-state index is -0.0804. The normalized spacial score (nSPS) is 30.1. The summed E-state index contributed by atoms with van der Waals surface area (Å²) >= 11 is 0. The summed E-state index contributed by atoms with van der Waals surface area (Å²) in [6, 6.07) is 0.381. The lowest BCUT2D eigenvalue weighted by molar-refractivity contribution is -0.0966. The lowest BCUT2D eigenvalue weighted by atomic mass is 9.90. The van der Waals surface area contributed by atoms with Gasteiger partial charge in [0.2, 0.25) is 0 Å². The van der Waals surface area contributed by atoms with E-state index in [1.807, 2.05) is 0 Å². The van der Waals surface area contributed by atoms with Crippen molar-refractivity contribution in [3.05, 3.63) is 12.2 Å². The van der Waals surface area contributed by atoms with Crippen LogP contribution in [0.5, 0.6) is 0 Å². The van der Waals surface area contributed by atoms with Crippen LogP contribution in [0.25, 0.3) is 0 Å². The molecule has 3 rings (SSSR count). The molecular weight excluding hydrogens is 256 g/mol. The Morgan fingerprint density at radius 2 is 2.45 bits per heavy atom. The van der Waals surface area contributed by atoms with Gasteiger partial charge in [0, 0.05) is 26.1 Å². The van der Waals surface area contributed by atoms with Gasteiger partial charge in [-0.3, -0.25) is 0 Å². The van der Waals surface area contributed by atoms with Crippen molar-refractivity contribution in [3.8, 4) is 0 Å². The third kappa shape index (κ3) is 2.87. The predicted molar refractivity (Wildman–Crippen MR) is 74.4 cm³/mol. The molecular formula is C14H24N4O2. The summed E-state index contributed by atoms with van der Waals surface area (Å²) in [5.41, 5.74) is -0.0804. The van der Waals surface area contributed by atoms with Crippen molar-refractivity contribution in [2.45, 2.75) is 50.8 Å². The van der Waals surface area contributed by atoms with Crippen molar-refractivity contribution in [1.29, 1.82) is 0 Å². The van der Waals surface area contributed by atoms with Crippen LogP contribution in [0.15, 0.2) is 6.33 Å². The van der Waals surface area contributed by atoms with Crippen LogP contribution in [0.4, 0.5) is 0 Å². The Kier molecular flexibility index (Phi) is 4.33. The Bertz CT molecular complexity index is 429. The van der Waals surface area contributed by atoms with Crippen LogP contribution in [-0.2, 0) is 16.0 Å². The van der Waals surface area contributed by atoms with Gasteiger partial charge in [0.05, 0.1) is 24.8 Å². The first-order valence-corrected chi connectivity index (χ1v) is 7.64. The highest BCUT2D eigenvalue weighted by molar-refractivity contribution is 4.95. The maximum atomic E-state index is 5.99. The lowest BCUT2D eigenvalue weighted by Crippen LogP contribution is -2.41. The quantitative estimate of drug-likeness (QED) is 0.824. The summed E-state index contributed by atoms with van der Waals surface area (Å²) in [6.07, 6.45) is 5.78. The van der Waals surface area contributed by atoms with E-state index in [2.05, 4.69) is 27.0 Å². The summed E-state index contributed by atoms with van der Waals surface area (Å²) in [6.45, 7) is 6.29. The van der Waals surface area contributed by atoms with Gasteiger partial charge < -0.3 is 14.8 Å². The van der Waals surface area contributed by atoms with E-state index in [0.717, 1.165) is 64.4 Å². The third-order valence-electron chi connectivity index (χ3n) is 4.24. The molecule has 0 bridgehead atoms. The number of aromatic nitrogens is 3. The van der Waals surface area contributed by atoms with E-state index in [0.29, 0.717) is 6.04 Å². The molecule has 1 spiro atoms. The Balaban J connectivity index is 1.67. The van der Waals surface area contributed by atoms with Crippen molar-refractivity contribution in [2.24, 2.45) is 0 Å². The summed E-state index contributed by atoms with van der Waals surface area (Å²) < 4.78 is 13.6. The molecule has 0 aromatic carbocycles. The predicted octanol–water partition coefficient (Wildman–Crippen LogP) is 1.29. The third-order valence-corrected chi connectivity index (χ3v) is 4.24. The van der Waals surface area contributed by atoms with E-state index >= 15 is 0 Å². The highest BCUT2D eigenvalue weighted by atomic mass is 16.6. The number of rotatable bonds is 5. The molecule has 6 nitrogen and oxygen atoms in total. The molecule has 6 heteroatoms. The number of ether oxygens (including phenoxy) is 2. The van der Waals surface area contributed by atoms with Crippen molar-refractivity contribution < 1.29 is 9.47 Å². The van der Waals surface area contributed by atoms with Crippen molar-refractivity contribution in [2.75, 3.05) is 26.4 Å². The molecule has 1 N–H and O–H groups in total. The van der Waals surface area contributed by atoms with Crippen molar-refractivity contribution in [3.63, 3.8) is 0 Å². The molecule has 112 valence electrons. The standard InChI is InChI=1S/C14H24N4O2/c1-2-5-15-9-13-16-11-17-18(13)12-3-6-20-14(8-12)4-7-19-10-14/h11-12,15H,2-10H2,1H3. The zero-order valence-corrected chi connectivity index (χ0v) is 12.2. The monoisotopic (exact) mass is 280 g/mol. The van der Waals surface area contributed by atoms with Gasteiger partial charge in [0.15, 0.2) is 0 Å². The minimum absolute atomic E-state index is 0.0804. The fraction of sp³-hybridized carbons (Fsp3) is 0.857. The van der Waals surface area contributed by atoms with Crippen LogP contribution < -0.4 is 5.32 Å². The second-order valence-corrected chi connectivity index (χ2v) is 5.78. The number of nitrogens with one attached hydrogen (secondary N) is 1. The molecule has 2 aliphatic rings. The zero-order valence-electron chi connectivity index (χ0n) is 12.2. The van der Waals surface area contributed by atoms with Gasteiger partial charge in [-0.15, -0.1) is 0 Å². The summed E-state index contributed by atoms with van der Waals surface area (Å²) in [5, 5.41) is 7.84. The van der Waals surface area contributed by atoms with E-state index in [-0.39, 0.29) is 5.60 Å². The Labute approximate surface area is 119 Å². The van der Waals surface area contributed by atoms with Crippen molar-refractivity contribution >= 4 is 0 Å². The highest BCUT2D eigenvalue weighted by Gasteiger charge is 2.42. The SMILES string of the molecule is CCCNCc1ncnn1C1CCOC2(CCOC2)C1. The molecule has 3 heterocycles. The fourth-order valence-electron chi connectivity index (χ4n) is 3.16. The summed E-state index contributed by atoms with van der Waals surface area (Å²) in [4.78, 5) is 4.40. The zero-order chi connectivity index (χ0) is 13.8. The summed E-state index contributed by atoms with van der Waals surface area (Å²) in [5.74, 6) is 1.03. The van der Waals surface area contributed by atoms with Crippen LogP contribution >= 0.6 is 0 Å². The van der Waals surface area contributed by atoms with Crippen LogP contribution in [0.3, 0.4) is 0 Å². The minimum Gasteiger partial charge on any atom is -0.378 e. The van der Waals surface area contributed by atoms with Gasteiger partial charge in [-0.25, -0.2) is 9.67 Å². The highest BCUT2D eigenvalue weighted by Crippen LogP contribution is 2.37. The molecule has 0 saturated carbocycles. The van der Waals surface area contributed by atoms with E-state index in [1.165, 1.54) is 0 Å².